The number of aryl methyl sites for hydroxylation is 3. The van der Waals surface area contributed by atoms with Gasteiger partial charge in [-0.05, 0) is 74.2 Å². The molecule has 38 heavy (non-hydrogen) atoms. The zero-order chi connectivity index (χ0) is 27.8. The summed E-state index contributed by atoms with van der Waals surface area (Å²) in [7, 11) is 2.89. The van der Waals surface area contributed by atoms with E-state index in [9.17, 15) is 14.4 Å². The number of esters is 1. The number of anilines is 2. The maximum absolute atomic E-state index is 13.4. The van der Waals surface area contributed by atoms with E-state index in [4.69, 9.17) is 9.47 Å². The van der Waals surface area contributed by atoms with E-state index >= 15 is 0 Å². The number of amides is 3. The molecule has 0 saturated heterocycles. The van der Waals surface area contributed by atoms with Crippen LogP contribution < -0.4 is 20.7 Å². The van der Waals surface area contributed by atoms with Crippen LogP contribution in [0.1, 0.15) is 52.5 Å². The second-order valence-electron chi connectivity index (χ2n) is 9.13. The van der Waals surface area contributed by atoms with Crippen LogP contribution in [0.3, 0.4) is 0 Å². The number of methoxy groups -OCH3 is 2. The number of hydrogen-bond acceptors (Lipinski definition) is 6. The third-order valence-electron chi connectivity index (χ3n) is 6.11. The smallest absolute Gasteiger partial charge is 0.328 e. The van der Waals surface area contributed by atoms with E-state index in [2.05, 4.69) is 16.0 Å². The predicted molar refractivity (Wildman–Crippen MR) is 152 cm³/mol. The lowest BCUT2D eigenvalue weighted by atomic mass is 10.1. The Balaban J connectivity index is 1.92. The Kier molecular flexibility index (Phi) is 9.90. The van der Waals surface area contributed by atoms with Gasteiger partial charge < -0.3 is 25.4 Å². The van der Waals surface area contributed by atoms with Crippen LogP contribution in [0.5, 0.6) is 5.75 Å². The van der Waals surface area contributed by atoms with Gasteiger partial charge in [-0.2, -0.15) is 0 Å². The number of nitrogens with one attached hydrogen (secondary N) is 3. The quantitative estimate of drug-likeness (QED) is 0.258. The first-order chi connectivity index (χ1) is 18.2. The highest BCUT2D eigenvalue weighted by atomic mass is 32.1. The van der Waals surface area contributed by atoms with Gasteiger partial charge in [0.1, 0.15) is 16.7 Å². The molecule has 3 N–H and O–H groups in total. The summed E-state index contributed by atoms with van der Waals surface area (Å²) in [5.41, 5.74) is 4.91. The molecule has 0 spiro atoms. The van der Waals surface area contributed by atoms with Crippen molar-refractivity contribution in [2.24, 2.45) is 0 Å². The monoisotopic (exact) mass is 537 g/mol. The topological polar surface area (TPSA) is 106 Å². The Bertz CT molecular complexity index is 1280. The predicted octanol–water partition coefficient (Wildman–Crippen LogP) is 6.45. The average Bonchev–Trinajstić information content (AvgIpc) is 3.31. The zero-order valence-electron chi connectivity index (χ0n) is 22.7. The summed E-state index contributed by atoms with van der Waals surface area (Å²) < 4.78 is 10.1. The van der Waals surface area contributed by atoms with Crippen molar-refractivity contribution >= 4 is 40.6 Å². The number of carbonyl (C=O) groups is 3. The SMILES string of the molecule is CCCC[C@@H](NC(=O)c1sc(-c2ccc(OC)cc2)cc1NC(=O)Nc1c(C)cc(C)cc1C)C(=O)OC. The molecule has 0 unspecified atom stereocenters. The number of hydrogen-bond donors (Lipinski definition) is 3. The van der Waals surface area contributed by atoms with Crippen molar-refractivity contribution in [3.63, 3.8) is 0 Å². The molecule has 3 rings (SSSR count). The third kappa shape index (κ3) is 7.13. The molecule has 0 bridgehead atoms. The minimum atomic E-state index is -0.779. The van der Waals surface area contributed by atoms with Gasteiger partial charge in [0, 0.05) is 10.6 Å². The second kappa shape index (κ2) is 13.1. The summed E-state index contributed by atoms with van der Waals surface area (Å²) in [5, 5.41) is 8.55. The molecule has 3 amide bonds. The van der Waals surface area contributed by atoms with Crippen LogP contribution in [0.25, 0.3) is 10.4 Å². The second-order valence-corrected chi connectivity index (χ2v) is 10.2. The number of urea groups is 1. The number of ether oxygens (including phenoxy) is 2. The molecule has 0 saturated carbocycles. The number of rotatable bonds is 10. The van der Waals surface area contributed by atoms with Gasteiger partial charge in [0.05, 0.1) is 19.9 Å². The molecule has 0 radical (unpaired) electrons. The maximum Gasteiger partial charge on any atom is 0.328 e. The molecule has 3 aromatic rings. The highest BCUT2D eigenvalue weighted by Crippen LogP contribution is 2.36. The molecule has 0 aliphatic carbocycles. The normalized spacial score (nSPS) is 11.4. The molecule has 2 aromatic carbocycles. The van der Waals surface area contributed by atoms with E-state index in [1.54, 1.807) is 13.2 Å². The van der Waals surface area contributed by atoms with Gasteiger partial charge in [-0.25, -0.2) is 9.59 Å². The fraction of sp³-hybridized carbons (Fsp3) is 0.345. The Morgan fingerprint density at radius 2 is 1.61 bits per heavy atom. The van der Waals surface area contributed by atoms with Crippen molar-refractivity contribution in [1.82, 2.24) is 5.32 Å². The summed E-state index contributed by atoms with van der Waals surface area (Å²) in [5.74, 6) is -0.253. The molecule has 1 heterocycles. The summed E-state index contributed by atoms with van der Waals surface area (Å²) in [6.07, 6.45) is 2.08. The fourth-order valence-corrected chi connectivity index (χ4v) is 5.24. The molecule has 202 valence electrons. The third-order valence-corrected chi connectivity index (χ3v) is 7.30. The van der Waals surface area contributed by atoms with Crippen molar-refractivity contribution < 1.29 is 23.9 Å². The minimum Gasteiger partial charge on any atom is -0.497 e. The Morgan fingerprint density at radius 3 is 2.18 bits per heavy atom. The van der Waals surface area contributed by atoms with Crippen molar-refractivity contribution in [1.29, 1.82) is 0 Å². The highest BCUT2D eigenvalue weighted by molar-refractivity contribution is 7.18. The van der Waals surface area contributed by atoms with Gasteiger partial charge >= 0.3 is 12.0 Å². The number of carbonyl (C=O) groups excluding carboxylic acids is 3. The average molecular weight is 538 g/mol. The Morgan fingerprint density at radius 1 is 0.947 bits per heavy atom. The standard InChI is InChI=1S/C29H35N3O5S/c1-7-8-9-22(28(34)37-6)30-27(33)26-23(16-24(38-26)20-10-12-21(36-5)13-11-20)31-29(35)32-25-18(3)14-17(2)15-19(25)4/h10-16,22H,7-9H2,1-6H3,(H,30,33)(H2,31,32,35)/t22-/m1/s1. The van der Waals surface area contributed by atoms with E-state index in [1.165, 1.54) is 18.4 Å². The Hall–Kier alpha value is -3.85. The maximum atomic E-state index is 13.4. The van der Waals surface area contributed by atoms with Crippen LogP contribution in [-0.4, -0.2) is 38.2 Å². The van der Waals surface area contributed by atoms with Crippen LogP contribution >= 0.6 is 11.3 Å². The van der Waals surface area contributed by atoms with E-state index in [-0.39, 0.29) is 4.88 Å². The van der Waals surface area contributed by atoms with E-state index in [1.807, 2.05) is 64.1 Å². The number of thiophene rings is 1. The van der Waals surface area contributed by atoms with Crippen LogP contribution in [0.15, 0.2) is 42.5 Å². The molecular weight excluding hydrogens is 502 g/mol. The van der Waals surface area contributed by atoms with E-state index in [0.717, 1.165) is 45.7 Å². The van der Waals surface area contributed by atoms with Gasteiger partial charge in [0.2, 0.25) is 0 Å². The van der Waals surface area contributed by atoms with Crippen molar-refractivity contribution in [3.05, 3.63) is 64.0 Å². The molecule has 1 atom stereocenters. The molecule has 8 nitrogen and oxygen atoms in total. The van der Waals surface area contributed by atoms with E-state index in [0.29, 0.717) is 17.9 Å². The molecular formula is C29H35N3O5S. The van der Waals surface area contributed by atoms with Crippen LogP contribution in [0.2, 0.25) is 0 Å². The van der Waals surface area contributed by atoms with Crippen LogP contribution in [0.4, 0.5) is 16.2 Å². The lowest BCUT2D eigenvalue weighted by Gasteiger charge is -2.17. The summed E-state index contributed by atoms with van der Waals surface area (Å²) in [6.45, 7) is 7.88. The van der Waals surface area contributed by atoms with Gasteiger partial charge in [-0.15, -0.1) is 11.3 Å². The zero-order valence-corrected chi connectivity index (χ0v) is 23.5. The summed E-state index contributed by atoms with van der Waals surface area (Å²) >= 11 is 1.23. The fourth-order valence-electron chi connectivity index (χ4n) is 4.22. The molecule has 1 aromatic heterocycles. The molecule has 0 aliphatic heterocycles. The van der Waals surface area contributed by atoms with Gasteiger partial charge in [0.25, 0.3) is 5.91 Å². The largest absolute Gasteiger partial charge is 0.497 e. The summed E-state index contributed by atoms with van der Waals surface area (Å²) in [6, 6.07) is 11.9. The first kappa shape index (κ1) is 28.7. The van der Waals surface area contributed by atoms with Crippen LogP contribution in [0, 0.1) is 20.8 Å². The first-order valence-corrected chi connectivity index (χ1v) is 13.3. The highest BCUT2D eigenvalue weighted by Gasteiger charge is 2.25. The van der Waals surface area contributed by atoms with Crippen molar-refractivity contribution in [2.75, 3.05) is 24.9 Å². The minimum absolute atomic E-state index is 0.286. The van der Waals surface area contributed by atoms with Crippen molar-refractivity contribution in [3.8, 4) is 16.2 Å². The lowest BCUT2D eigenvalue weighted by molar-refractivity contribution is -0.143. The number of benzene rings is 2. The van der Waals surface area contributed by atoms with Crippen LogP contribution in [-0.2, 0) is 9.53 Å². The van der Waals surface area contributed by atoms with Crippen molar-refractivity contribution in [2.45, 2.75) is 53.0 Å². The number of unbranched alkanes of at least 4 members (excludes halogenated alkanes) is 1. The van der Waals surface area contributed by atoms with E-state index < -0.39 is 23.9 Å². The molecule has 0 aliphatic rings. The summed E-state index contributed by atoms with van der Waals surface area (Å²) in [4.78, 5) is 39.8. The first-order valence-electron chi connectivity index (χ1n) is 12.5. The molecule has 0 fully saturated rings. The van der Waals surface area contributed by atoms with Gasteiger partial charge in [0.15, 0.2) is 0 Å². The van der Waals surface area contributed by atoms with Gasteiger partial charge in [-0.3, -0.25) is 4.79 Å². The van der Waals surface area contributed by atoms with Gasteiger partial charge in [-0.1, -0.05) is 37.5 Å². The lowest BCUT2D eigenvalue weighted by Crippen LogP contribution is -2.41. The Labute approximate surface area is 227 Å². The molecule has 9 heteroatoms.